The van der Waals surface area contributed by atoms with E-state index >= 15 is 0 Å². The summed E-state index contributed by atoms with van der Waals surface area (Å²) in [5, 5.41) is 17.5. The Morgan fingerprint density at radius 1 is 0.895 bits per heavy atom. The van der Waals surface area contributed by atoms with E-state index in [1.54, 1.807) is 4.68 Å². The standard InChI is InChI=1S/C30H30N6O2/c37-28-23-17-10-18-24(23)31-29(34-28)36-26(19-25(35-36)20-11-4-1-5-12-20)32-30(38)33-27(21-13-6-2-7-14-21)22-15-8-3-9-16-22/h1-9,11-16,19,23-24,27,29,31H,10,17-18H2,(H,34,37)(H2,32,33,38). The fraction of sp³-hybridized carbons (Fsp3) is 0.233. The zero-order valence-electron chi connectivity index (χ0n) is 20.9. The van der Waals surface area contributed by atoms with E-state index in [1.807, 2.05) is 97.1 Å². The smallest absolute Gasteiger partial charge is 0.321 e. The lowest BCUT2D eigenvalue weighted by molar-refractivity contribution is -0.130. The van der Waals surface area contributed by atoms with Crippen LogP contribution in [0.1, 0.15) is 42.7 Å². The summed E-state index contributed by atoms with van der Waals surface area (Å²) >= 11 is 0. The topological polar surface area (TPSA) is 100 Å². The number of aromatic nitrogens is 2. The highest BCUT2D eigenvalue weighted by Gasteiger charge is 2.40. The van der Waals surface area contributed by atoms with Crippen LogP contribution >= 0.6 is 0 Å². The van der Waals surface area contributed by atoms with Crippen LogP contribution in [-0.2, 0) is 4.79 Å². The van der Waals surface area contributed by atoms with Crippen molar-refractivity contribution in [3.05, 3.63) is 108 Å². The Morgan fingerprint density at radius 3 is 2.18 bits per heavy atom. The SMILES string of the molecule is O=C(Nc1cc(-c2ccccc2)nn1C1NC(=O)C2CCCC2N1)NC(c1ccccc1)c1ccccc1. The molecule has 0 spiro atoms. The Hall–Kier alpha value is -4.43. The van der Waals surface area contributed by atoms with Crippen LogP contribution in [-0.4, -0.2) is 27.8 Å². The molecule has 3 atom stereocenters. The summed E-state index contributed by atoms with van der Waals surface area (Å²) in [6.45, 7) is 0. The van der Waals surface area contributed by atoms with Crippen LogP contribution in [0.15, 0.2) is 97.1 Å². The van der Waals surface area contributed by atoms with Crippen molar-refractivity contribution in [2.45, 2.75) is 37.6 Å². The highest BCUT2D eigenvalue weighted by molar-refractivity contribution is 5.90. The Kier molecular flexibility index (Phi) is 6.62. The number of nitrogens with one attached hydrogen (secondary N) is 4. The first kappa shape index (κ1) is 23.9. The molecule has 3 aromatic carbocycles. The van der Waals surface area contributed by atoms with Crippen molar-refractivity contribution in [2.75, 3.05) is 5.32 Å². The van der Waals surface area contributed by atoms with E-state index in [2.05, 4.69) is 21.3 Å². The van der Waals surface area contributed by atoms with E-state index in [-0.39, 0.29) is 29.9 Å². The van der Waals surface area contributed by atoms with Crippen molar-refractivity contribution < 1.29 is 9.59 Å². The second-order valence-electron chi connectivity index (χ2n) is 9.80. The quantitative estimate of drug-likeness (QED) is 0.302. The van der Waals surface area contributed by atoms with Crippen LogP contribution in [0, 0.1) is 5.92 Å². The first-order chi connectivity index (χ1) is 18.7. The second-order valence-corrected chi connectivity index (χ2v) is 9.80. The fourth-order valence-electron chi connectivity index (χ4n) is 5.46. The Bertz CT molecular complexity index is 1370. The molecule has 8 heteroatoms. The maximum Gasteiger partial charge on any atom is 0.321 e. The second kappa shape index (κ2) is 10.5. The molecular weight excluding hydrogens is 476 g/mol. The van der Waals surface area contributed by atoms with E-state index < -0.39 is 6.29 Å². The van der Waals surface area contributed by atoms with E-state index in [0.29, 0.717) is 11.5 Å². The van der Waals surface area contributed by atoms with Gasteiger partial charge in [-0.25, -0.2) is 9.48 Å². The van der Waals surface area contributed by atoms with Crippen LogP contribution in [0.3, 0.4) is 0 Å². The van der Waals surface area contributed by atoms with Gasteiger partial charge in [-0.1, -0.05) is 97.4 Å². The number of rotatable bonds is 6. The molecule has 1 aliphatic carbocycles. The number of amides is 3. The van der Waals surface area contributed by atoms with Gasteiger partial charge in [-0.2, -0.15) is 5.10 Å². The molecule has 4 aromatic rings. The number of anilines is 1. The monoisotopic (exact) mass is 506 g/mol. The molecule has 1 saturated heterocycles. The highest BCUT2D eigenvalue weighted by Crippen LogP contribution is 2.32. The van der Waals surface area contributed by atoms with Crippen LogP contribution < -0.4 is 21.3 Å². The molecule has 2 heterocycles. The minimum Gasteiger partial charge on any atom is -0.327 e. The van der Waals surface area contributed by atoms with E-state index in [0.717, 1.165) is 36.0 Å². The lowest BCUT2D eigenvalue weighted by Gasteiger charge is -2.34. The summed E-state index contributed by atoms with van der Waals surface area (Å²) in [4.78, 5) is 26.3. The zero-order chi connectivity index (χ0) is 25.9. The predicted molar refractivity (Wildman–Crippen MR) is 146 cm³/mol. The molecule has 0 bridgehead atoms. The highest BCUT2D eigenvalue weighted by atomic mass is 16.2. The minimum absolute atomic E-state index is 0.0207. The van der Waals surface area contributed by atoms with Crippen molar-refractivity contribution in [1.82, 2.24) is 25.7 Å². The van der Waals surface area contributed by atoms with Crippen molar-refractivity contribution in [3.8, 4) is 11.3 Å². The number of fused-ring (bicyclic) bond motifs is 1. The Labute approximate surface area is 221 Å². The molecule has 2 aliphatic rings. The summed E-state index contributed by atoms with van der Waals surface area (Å²) < 4.78 is 1.66. The van der Waals surface area contributed by atoms with Gasteiger partial charge in [0.1, 0.15) is 5.82 Å². The van der Waals surface area contributed by atoms with Crippen LogP contribution in [0.5, 0.6) is 0 Å². The third-order valence-corrected chi connectivity index (χ3v) is 7.34. The average molecular weight is 507 g/mol. The summed E-state index contributed by atoms with van der Waals surface area (Å²) in [5.74, 6) is 0.486. The van der Waals surface area contributed by atoms with Gasteiger partial charge in [0.2, 0.25) is 5.91 Å². The first-order valence-corrected chi connectivity index (χ1v) is 13.0. The lowest BCUT2D eigenvalue weighted by Crippen LogP contribution is -2.57. The Morgan fingerprint density at radius 2 is 1.53 bits per heavy atom. The number of nitrogens with zero attached hydrogens (tertiary/aromatic N) is 2. The van der Waals surface area contributed by atoms with E-state index in [4.69, 9.17) is 5.10 Å². The third kappa shape index (κ3) is 4.90. The van der Waals surface area contributed by atoms with Crippen LogP contribution in [0.4, 0.5) is 10.6 Å². The van der Waals surface area contributed by atoms with Crippen molar-refractivity contribution in [1.29, 1.82) is 0 Å². The van der Waals surface area contributed by atoms with Gasteiger partial charge in [0.05, 0.1) is 17.7 Å². The molecular formula is C30H30N6O2. The molecule has 3 unspecified atom stereocenters. The van der Waals surface area contributed by atoms with Gasteiger partial charge >= 0.3 is 6.03 Å². The molecule has 2 fully saturated rings. The van der Waals surface area contributed by atoms with Gasteiger partial charge in [0.25, 0.3) is 0 Å². The van der Waals surface area contributed by atoms with Crippen molar-refractivity contribution in [3.63, 3.8) is 0 Å². The van der Waals surface area contributed by atoms with Gasteiger partial charge in [-0.3, -0.25) is 15.4 Å². The zero-order valence-corrected chi connectivity index (χ0v) is 20.9. The van der Waals surface area contributed by atoms with Crippen LogP contribution in [0.2, 0.25) is 0 Å². The minimum atomic E-state index is -0.561. The first-order valence-electron chi connectivity index (χ1n) is 13.0. The van der Waals surface area contributed by atoms with Gasteiger partial charge < -0.3 is 10.6 Å². The molecule has 1 aromatic heterocycles. The number of hydrogen-bond acceptors (Lipinski definition) is 4. The number of benzene rings is 3. The number of hydrogen-bond donors (Lipinski definition) is 4. The molecule has 8 nitrogen and oxygen atoms in total. The fourth-order valence-corrected chi connectivity index (χ4v) is 5.46. The Balaban J connectivity index is 1.29. The maximum atomic E-state index is 13.4. The summed E-state index contributed by atoms with van der Waals surface area (Å²) in [5.41, 5.74) is 3.57. The van der Waals surface area contributed by atoms with Gasteiger partial charge in [-0.05, 0) is 24.0 Å². The van der Waals surface area contributed by atoms with Crippen molar-refractivity contribution >= 4 is 17.8 Å². The number of urea groups is 1. The normalized spacial score (nSPS) is 20.6. The van der Waals surface area contributed by atoms with Gasteiger partial charge in [-0.15, -0.1) is 0 Å². The average Bonchev–Trinajstić information content (AvgIpc) is 3.61. The molecule has 4 N–H and O–H groups in total. The molecule has 0 radical (unpaired) electrons. The largest absolute Gasteiger partial charge is 0.327 e. The molecule has 1 saturated carbocycles. The number of carbonyl (C=O) groups is 2. The summed E-state index contributed by atoms with van der Waals surface area (Å²) in [7, 11) is 0. The molecule has 3 amide bonds. The van der Waals surface area contributed by atoms with Crippen molar-refractivity contribution in [2.24, 2.45) is 5.92 Å². The van der Waals surface area contributed by atoms with E-state index in [1.165, 1.54) is 0 Å². The molecule has 1 aliphatic heterocycles. The molecule has 192 valence electrons. The maximum absolute atomic E-state index is 13.4. The summed E-state index contributed by atoms with van der Waals surface area (Å²) in [6.07, 6.45) is 2.29. The molecule has 38 heavy (non-hydrogen) atoms. The third-order valence-electron chi connectivity index (χ3n) is 7.34. The van der Waals surface area contributed by atoms with Gasteiger partial charge in [0, 0.05) is 17.7 Å². The van der Waals surface area contributed by atoms with E-state index in [9.17, 15) is 9.59 Å². The number of carbonyl (C=O) groups excluding carboxylic acids is 2. The van der Waals surface area contributed by atoms with Gasteiger partial charge in [0.15, 0.2) is 6.29 Å². The lowest BCUT2D eigenvalue weighted by atomic mass is 9.99. The summed E-state index contributed by atoms with van der Waals surface area (Å²) in [6, 6.07) is 30.7. The van der Waals surface area contributed by atoms with Crippen LogP contribution in [0.25, 0.3) is 11.3 Å². The predicted octanol–water partition coefficient (Wildman–Crippen LogP) is 4.81. The molecule has 6 rings (SSSR count).